The topological polar surface area (TPSA) is 52.6 Å². The summed E-state index contributed by atoms with van der Waals surface area (Å²) < 4.78 is 86.9. The molecule has 4 nitrogen and oxygen atoms in total. The quantitative estimate of drug-likeness (QED) is 0.383. The fraction of sp³-hybridized carbons (Fsp3) is 0.538. The maximum absolute atomic E-state index is 13.3. The van der Waals surface area contributed by atoms with Crippen molar-refractivity contribution in [1.82, 2.24) is 0 Å². The van der Waals surface area contributed by atoms with Crippen molar-refractivity contribution < 1.29 is 45.4 Å². The first kappa shape index (κ1) is 21.0. The molecule has 0 radical (unpaired) electrons. The van der Waals surface area contributed by atoms with Crippen LogP contribution in [-0.4, -0.2) is 36.5 Å². The summed E-state index contributed by atoms with van der Waals surface area (Å²) >= 11 is 0. The van der Waals surface area contributed by atoms with Gasteiger partial charge in [-0.1, -0.05) is 13.2 Å². The molecule has 10 heteroatoms. The van der Waals surface area contributed by atoms with Crippen LogP contribution in [-0.2, 0) is 19.1 Å². The summed E-state index contributed by atoms with van der Waals surface area (Å²) in [6.07, 6.45) is -7.70. The van der Waals surface area contributed by atoms with Crippen LogP contribution in [0.15, 0.2) is 24.3 Å². The maximum Gasteiger partial charge on any atom is 0.473 e. The van der Waals surface area contributed by atoms with Crippen LogP contribution in [0, 0.1) is 0 Å². The molecule has 0 heterocycles. The summed E-state index contributed by atoms with van der Waals surface area (Å²) in [7, 11) is 0. The highest BCUT2D eigenvalue weighted by molar-refractivity contribution is 5.87. The normalized spacial score (nSPS) is 12.5. The average molecular weight is 348 g/mol. The van der Waals surface area contributed by atoms with E-state index in [9.17, 15) is 35.9 Å². The lowest BCUT2D eigenvalue weighted by Crippen LogP contribution is -2.56. The molecule has 0 aliphatic carbocycles. The van der Waals surface area contributed by atoms with E-state index < -0.39 is 48.5 Å². The first-order valence-corrected chi connectivity index (χ1v) is 6.00. The minimum atomic E-state index is -6.03. The van der Waals surface area contributed by atoms with Gasteiger partial charge in [0.25, 0.3) is 0 Å². The van der Waals surface area contributed by atoms with E-state index in [1.54, 1.807) is 0 Å². The molecule has 132 valence electrons. The Morgan fingerprint density at radius 2 is 1.35 bits per heavy atom. The van der Waals surface area contributed by atoms with Crippen molar-refractivity contribution in [2.24, 2.45) is 0 Å². The molecule has 0 rings (SSSR count). The van der Waals surface area contributed by atoms with E-state index in [1.165, 1.54) is 6.92 Å². The van der Waals surface area contributed by atoms with Crippen LogP contribution in [0.1, 0.15) is 20.3 Å². The second-order valence-corrected chi connectivity index (χ2v) is 4.63. The van der Waals surface area contributed by atoms with Crippen molar-refractivity contribution in [3.8, 4) is 0 Å². The van der Waals surface area contributed by atoms with Gasteiger partial charge in [-0.15, -0.1) is 0 Å². The summed E-state index contributed by atoms with van der Waals surface area (Å²) in [5.41, 5.74) is -0.875. The largest absolute Gasteiger partial charge is 0.473 e. The lowest BCUT2D eigenvalue weighted by Gasteiger charge is -2.31. The van der Waals surface area contributed by atoms with Gasteiger partial charge in [-0.2, -0.15) is 26.3 Å². The monoisotopic (exact) mass is 348 g/mol. The molecule has 0 fully saturated rings. The fourth-order valence-corrected chi connectivity index (χ4v) is 1.03. The van der Waals surface area contributed by atoms with Crippen LogP contribution in [0.5, 0.6) is 0 Å². The van der Waals surface area contributed by atoms with Crippen LogP contribution in [0.4, 0.5) is 26.3 Å². The van der Waals surface area contributed by atoms with Crippen molar-refractivity contribution >= 4 is 11.9 Å². The van der Waals surface area contributed by atoms with Crippen molar-refractivity contribution in [1.29, 1.82) is 0 Å². The highest BCUT2D eigenvalue weighted by Crippen LogP contribution is 2.48. The first-order chi connectivity index (χ1) is 10.2. The lowest BCUT2D eigenvalue weighted by molar-refractivity contribution is -0.385. The Labute approximate surface area is 127 Å². The Kier molecular flexibility index (Phi) is 6.44. The van der Waals surface area contributed by atoms with Crippen LogP contribution in [0.25, 0.3) is 0 Å². The number of hydrogen-bond donors (Lipinski definition) is 0. The minimum absolute atomic E-state index is 0.194. The first-order valence-electron chi connectivity index (χ1n) is 6.00. The summed E-state index contributed by atoms with van der Waals surface area (Å²) in [5, 5.41) is 0. The van der Waals surface area contributed by atoms with Gasteiger partial charge in [0.2, 0.25) is 0 Å². The predicted molar refractivity (Wildman–Crippen MR) is 66.1 cm³/mol. The third kappa shape index (κ3) is 5.00. The standard InChI is InChI=1S/C13H14F6O4/c1-7(2)9(20)22-6-5-11(14,15)12(16,17)13(18,19)23-10(21)8(3)4/h1,3,5-6H2,2,4H3. The molecule has 0 N–H and O–H groups in total. The summed E-state index contributed by atoms with van der Waals surface area (Å²) in [5.74, 6) is -14.5. The molecule has 0 aromatic heterocycles. The predicted octanol–water partition coefficient (Wildman–Crippen LogP) is 3.48. The van der Waals surface area contributed by atoms with Gasteiger partial charge in [0.05, 0.1) is 13.0 Å². The van der Waals surface area contributed by atoms with Gasteiger partial charge in [0, 0.05) is 11.1 Å². The Hall–Kier alpha value is -2.00. The van der Waals surface area contributed by atoms with E-state index in [0.29, 0.717) is 0 Å². The molecule has 0 bridgehead atoms. The fourth-order valence-electron chi connectivity index (χ4n) is 1.03. The van der Waals surface area contributed by atoms with E-state index in [2.05, 4.69) is 22.6 Å². The number of esters is 2. The third-order valence-corrected chi connectivity index (χ3v) is 2.39. The molecular formula is C13H14F6O4. The zero-order chi connectivity index (χ0) is 18.6. The number of halogens is 6. The van der Waals surface area contributed by atoms with Crippen LogP contribution < -0.4 is 0 Å². The summed E-state index contributed by atoms with van der Waals surface area (Å²) in [4.78, 5) is 21.8. The molecule has 0 atom stereocenters. The molecule has 0 amide bonds. The molecule has 0 spiro atoms. The highest BCUT2D eigenvalue weighted by atomic mass is 19.3. The smallest absolute Gasteiger partial charge is 0.462 e. The number of alkyl halides is 6. The molecule has 0 aromatic carbocycles. The van der Waals surface area contributed by atoms with E-state index >= 15 is 0 Å². The van der Waals surface area contributed by atoms with Crippen LogP contribution in [0.3, 0.4) is 0 Å². The number of carbonyl (C=O) groups excluding carboxylic acids is 2. The van der Waals surface area contributed by atoms with E-state index in [-0.39, 0.29) is 5.57 Å². The minimum Gasteiger partial charge on any atom is -0.462 e. The molecular weight excluding hydrogens is 334 g/mol. The average Bonchev–Trinajstić information content (AvgIpc) is 2.36. The SMILES string of the molecule is C=C(C)C(=O)OCCC(F)(F)C(F)(F)C(F)(F)OC(=O)C(=C)C. The molecule has 0 aromatic rings. The molecule has 0 unspecified atom stereocenters. The van der Waals surface area contributed by atoms with Gasteiger partial charge in [-0.3, -0.25) is 0 Å². The second-order valence-electron chi connectivity index (χ2n) is 4.63. The van der Waals surface area contributed by atoms with Crippen molar-refractivity contribution in [2.75, 3.05) is 6.61 Å². The van der Waals surface area contributed by atoms with Gasteiger partial charge in [0.1, 0.15) is 0 Å². The van der Waals surface area contributed by atoms with Crippen LogP contribution >= 0.6 is 0 Å². The van der Waals surface area contributed by atoms with Gasteiger partial charge in [-0.05, 0) is 13.8 Å². The molecule has 0 aliphatic heterocycles. The summed E-state index contributed by atoms with van der Waals surface area (Å²) in [6, 6.07) is 0. The van der Waals surface area contributed by atoms with Crippen LogP contribution in [0.2, 0.25) is 0 Å². The van der Waals surface area contributed by atoms with E-state index in [4.69, 9.17) is 0 Å². The Morgan fingerprint density at radius 3 is 1.74 bits per heavy atom. The third-order valence-electron chi connectivity index (χ3n) is 2.39. The van der Waals surface area contributed by atoms with Crippen molar-refractivity contribution in [2.45, 2.75) is 38.2 Å². The van der Waals surface area contributed by atoms with E-state index in [1.807, 2.05) is 0 Å². The molecule has 0 aliphatic rings. The van der Waals surface area contributed by atoms with Crippen molar-refractivity contribution in [3.63, 3.8) is 0 Å². The Bertz CT molecular complexity index is 513. The highest BCUT2D eigenvalue weighted by Gasteiger charge is 2.74. The number of ether oxygens (including phenoxy) is 2. The molecule has 23 heavy (non-hydrogen) atoms. The Morgan fingerprint density at radius 1 is 0.913 bits per heavy atom. The number of rotatable bonds is 8. The maximum atomic E-state index is 13.3. The molecule has 0 saturated carbocycles. The van der Waals surface area contributed by atoms with E-state index in [0.717, 1.165) is 6.92 Å². The van der Waals surface area contributed by atoms with Crippen molar-refractivity contribution in [3.05, 3.63) is 24.3 Å². The zero-order valence-electron chi connectivity index (χ0n) is 12.2. The van der Waals surface area contributed by atoms with Gasteiger partial charge >= 0.3 is 29.9 Å². The molecule has 0 saturated heterocycles. The second kappa shape index (κ2) is 7.05. The Balaban J connectivity index is 5.05. The van der Waals surface area contributed by atoms with Gasteiger partial charge < -0.3 is 9.47 Å². The van der Waals surface area contributed by atoms with Gasteiger partial charge in [-0.25, -0.2) is 9.59 Å². The van der Waals surface area contributed by atoms with Gasteiger partial charge in [0.15, 0.2) is 0 Å². The number of hydrogen-bond acceptors (Lipinski definition) is 4. The zero-order valence-corrected chi connectivity index (χ0v) is 12.2. The summed E-state index contributed by atoms with van der Waals surface area (Å²) in [6.45, 7) is 6.74. The lowest BCUT2D eigenvalue weighted by atomic mass is 10.1. The number of carbonyl (C=O) groups is 2.